The lowest BCUT2D eigenvalue weighted by molar-refractivity contribution is 0.0778. The Labute approximate surface area is 140 Å². The molecule has 0 radical (unpaired) electrons. The van der Waals surface area contributed by atoms with Gasteiger partial charge >= 0.3 is 0 Å². The van der Waals surface area contributed by atoms with Crippen LogP contribution in [0.25, 0.3) is 0 Å². The molecule has 2 aliphatic heterocycles. The smallest absolute Gasteiger partial charge is 0.257 e. The highest BCUT2D eigenvalue weighted by molar-refractivity contribution is 6.42. The van der Waals surface area contributed by atoms with E-state index in [4.69, 9.17) is 27.9 Å². The van der Waals surface area contributed by atoms with Crippen molar-refractivity contribution >= 4 is 41.5 Å². The number of methoxy groups -OCH3 is 1. The zero-order chi connectivity index (χ0) is 14.3. The molecular weight excluding hydrogens is 335 g/mol. The Morgan fingerprint density at radius 2 is 1.81 bits per heavy atom. The molecular formula is C14H17Cl3N2O2. The quantitative estimate of drug-likeness (QED) is 0.891. The van der Waals surface area contributed by atoms with E-state index in [1.54, 1.807) is 12.1 Å². The molecule has 21 heavy (non-hydrogen) atoms. The number of fused-ring (bicyclic) bond motifs is 1. The Hall–Kier alpha value is -0.680. The topological polar surface area (TPSA) is 41.6 Å². The molecule has 0 bridgehead atoms. The van der Waals surface area contributed by atoms with E-state index in [9.17, 15) is 4.79 Å². The number of nitrogens with one attached hydrogen (secondary N) is 1. The predicted octanol–water partition coefficient (Wildman–Crippen LogP) is 2.72. The van der Waals surface area contributed by atoms with Crippen LogP contribution < -0.4 is 10.1 Å². The van der Waals surface area contributed by atoms with Crippen molar-refractivity contribution in [2.75, 3.05) is 33.3 Å². The summed E-state index contributed by atoms with van der Waals surface area (Å²) in [6, 6.07) is 3.19. The molecule has 3 rings (SSSR count). The highest BCUT2D eigenvalue weighted by Gasteiger charge is 2.38. The maximum atomic E-state index is 12.6. The fourth-order valence-corrected chi connectivity index (χ4v) is 3.37. The second kappa shape index (κ2) is 6.61. The van der Waals surface area contributed by atoms with Gasteiger partial charge in [0.1, 0.15) is 5.75 Å². The van der Waals surface area contributed by atoms with Crippen LogP contribution in [0.15, 0.2) is 12.1 Å². The lowest BCUT2D eigenvalue weighted by Gasteiger charge is -2.19. The Bertz CT molecular complexity index is 541. The van der Waals surface area contributed by atoms with Crippen LogP contribution in [0.2, 0.25) is 10.0 Å². The molecule has 2 aliphatic rings. The van der Waals surface area contributed by atoms with Gasteiger partial charge in [-0.1, -0.05) is 23.2 Å². The van der Waals surface area contributed by atoms with Crippen molar-refractivity contribution in [3.8, 4) is 5.75 Å². The van der Waals surface area contributed by atoms with Gasteiger partial charge in [0.05, 0.1) is 22.7 Å². The van der Waals surface area contributed by atoms with Gasteiger partial charge in [-0.3, -0.25) is 4.79 Å². The number of rotatable bonds is 2. The van der Waals surface area contributed by atoms with Gasteiger partial charge in [-0.05, 0) is 17.9 Å². The summed E-state index contributed by atoms with van der Waals surface area (Å²) in [7, 11) is 1.53. The molecule has 2 atom stereocenters. The zero-order valence-electron chi connectivity index (χ0n) is 11.6. The largest absolute Gasteiger partial charge is 0.496 e. The summed E-state index contributed by atoms with van der Waals surface area (Å²) < 4.78 is 5.25. The van der Waals surface area contributed by atoms with Gasteiger partial charge in [0.15, 0.2) is 0 Å². The van der Waals surface area contributed by atoms with E-state index < -0.39 is 0 Å². The van der Waals surface area contributed by atoms with Gasteiger partial charge in [-0.25, -0.2) is 0 Å². The molecule has 116 valence electrons. The minimum absolute atomic E-state index is 0. The van der Waals surface area contributed by atoms with Gasteiger partial charge in [0, 0.05) is 32.2 Å². The van der Waals surface area contributed by atoms with E-state index in [0.29, 0.717) is 33.2 Å². The maximum Gasteiger partial charge on any atom is 0.257 e. The van der Waals surface area contributed by atoms with Crippen molar-refractivity contribution in [1.29, 1.82) is 0 Å². The van der Waals surface area contributed by atoms with Gasteiger partial charge in [0.2, 0.25) is 0 Å². The number of benzene rings is 1. The first-order valence-corrected chi connectivity index (χ1v) is 7.38. The van der Waals surface area contributed by atoms with Crippen molar-refractivity contribution < 1.29 is 9.53 Å². The van der Waals surface area contributed by atoms with Crippen LogP contribution in [-0.2, 0) is 0 Å². The summed E-state index contributed by atoms with van der Waals surface area (Å²) in [4.78, 5) is 14.5. The predicted molar refractivity (Wildman–Crippen MR) is 86.0 cm³/mol. The van der Waals surface area contributed by atoms with Crippen molar-refractivity contribution in [1.82, 2.24) is 10.2 Å². The van der Waals surface area contributed by atoms with Gasteiger partial charge in [0.25, 0.3) is 5.91 Å². The van der Waals surface area contributed by atoms with Gasteiger partial charge in [-0.15, -0.1) is 12.4 Å². The summed E-state index contributed by atoms with van der Waals surface area (Å²) >= 11 is 12.0. The van der Waals surface area contributed by atoms with Crippen LogP contribution in [-0.4, -0.2) is 44.1 Å². The maximum absolute atomic E-state index is 12.6. The van der Waals surface area contributed by atoms with E-state index in [1.807, 2.05) is 4.90 Å². The molecule has 0 saturated carbocycles. The first-order chi connectivity index (χ1) is 9.60. The highest BCUT2D eigenvalue weighted by Crippen LogP contribution is 2.33. The van der Waals surface area contributed by atoms with Gasteiger partial charge in [-0.2, -0.15) is 0 Å². The second-order valence-corrected chi connectivity index (χ2v) is 6.17. The monoisotopic (exact) mass is 350 g/mol. The molecule has 0 unspecified atom stereocenters. The van der Waals surface area contributed by atoms with E-state index in [-0.39, 0.29) is 18.3 Å². The summed E-state index contributed by atoms with van der Waals surface area (Å²) in [5.41, 5.74) is 0.481. The third kappa shape index (κ3) is 3.09. The van der Waals surface area contributed by atoms with Crippen LogP contribution in [0.5, 0.6) is 5.75 Å². The minimum atomic E-state index is -0.0326. The number of hydrogen-bond donors (Lipinski definition) is 1. The molecule has 2 heterocycles. The van der Waals surface area contributed by atoms with Crippen molar-refractivity contribution in [3.63, 3.8) is 0 Å². The van der Waals surface area contributed by atoms with E-state index in [2.05, 4.69) is 5.32 Å². The lowest BCUT2D eigenvalue weighted by atomic mass is 10.0. The fraction of sp³-hybridized carbons (Fsp3) is 0.500. The van der Waals surface area contributed by atoms with E-state index >= 15 is 0 Å². The molecule has 0 aromatic heterocycles. The third-order valence-electron chi connectivity index (χ3n) is 4.15. The number of amides is 1. The first kappa shape index (κ1) is 16.7. The van der Waals surface area contributed by atoms with Crippen LogP contribution in [0.1, 0.15) is 10.4 Å². The Morgan fingerprint density at radius 1 is 1.24 bits per heavy atom. The lowest BCUT2D eigenvalue weighted by Crippen LogP contribution is -2.32. The summed E-state index contributed by atoms with van der Waals surface area (Å²) in [6.45, 7) is 3.57. The molecule has 1 aromatic rings. The Kier molecular flexibility index (Phi) is 5.25. The third-order valence-corrected chi connectivity index (χ3v) is 4.87. The highest BCUT2D eigenvalue weighted by atomic mass is 35.5. The molecule has 1 aromatic carbocycles. The molecule has 1 N–H and O–H groups in total. The number of carbonyl (C=O) groups excluding carboxylic acids is 1. The van der Waals surface area contributed by atoms with Crippen LogP contribution in [0.3, 0.4) is 0 Å². The summed E-state index contributed by atoms with van der Waals surface area (Å²) in [5.74, 6) is 1.56. The molecule has 2 fully saturated rings. The molecule has 7 heteroatoms. The second-order valence-electron chi connectivity index (χ2n) is 5.36. The zero-order valence-corrected chi connectivity index (χ0v) is 13.9. The van der Waals surface area contributed by atoms with Crippen LogP contribution in [0.4, 0.5) is 0 Å². The number of ether oxygens (including phenoxy) is 1. The average Bonchev–Trinajstić information content (AvgIpc) is 3.01. The summed E-state index contributed by atoms with van der Waals surface area (Å²) in [6.07, 6.45) is 0. The molecule has 0 aliphatic carbocycles. The number of nitrogens with zero attached hydrogens (tertiary/aromatic N) is 1. The van der Waals surface area contributed by atoms with Crippen molar-refractivity contribution in [2.45, 2.75) is 0 Å². The van der Waals surface area contributed by atoms with E-state index in [0.717, 1.165) is 26.2 Å². The Morgan fingerprint density at radius 3 is 2.38 bits per heavy atom. The average molecular weight is 352 g/mol. The molecule has 4 nitrogen and oxygen atoms in total. The number of likely N-dealkylation sites (tertiary alicyclic amines) is 1. The van der Waals surface area contributed by atoms with Crippen molar-refractivity contribution in [3.05, 3.63) is 27.7 Å². The molecule has 1 amide bonds. The Balaban J connectivity index is 0.00000161. The number of halogens is 3. The van der Waals surface area contributed by atoms with Crippen LogP contribution in [0, 0.1) is 11.8 Å². The minimum Gasteiger partial charge on any atom is -0.496 e. The molecule has 2 saturated heterocycles. The summed E-state index contributed by atoms with van der Waals surface area (Å²) in [5, 5.41) is 4.12. The van der Waals surface area contributed by atoms with Crippen LogP contribution >= 0.6 is 35.6 Å². The molecule has 0 spiro atoms. The van der Waals surface area contributed by atoms with Crippen molar-refractivity contribution in [2.24, 2.45) is 11.8 Å². The standard InChI is InChI=1S/C14H16Cl2N2O2.ClH/c1-20-13-3-12(16)11(15)2-10(13)14(19)18-6-8-4-17-5-9(8)7-18;/h2-3,8-9,17H,4-7H2,1H3;1H/t8-,9+;. The number of hydrogen-bond acceptors (Lipinski definition) is 3. The first-order valence-electron chi connectivity index (χ1n) is 6.63. The van der Waals surface area contributed by atoms with E-state index in [1.165, 1.54) is 7.11 Å². The van der Waals surface area contributed by atoms with Gasteiger partial charge < -0.3 is 15.0 Å². The fourth-order valence-electron chi connectivity index (χ4n) is 3.06. The SMILES string of the molecule is COc1cc(Cl)c(Cl)cc1C(=O)N1C[C@H]2CNC[C@H]2C1.Cl. The normalized spacial score (nSPS) is 23.7. The number of carbonyl (C=O) groups is 1.